The van der Waals surface area contributed by atoms with Crippen molar-refractivity contribution in [2.75, 3.05) is 0 Å². The van der Waals surface area contributed by atoms with Gasteiger partial charge >= 0.3 is 0 Å². The van der Waals surface area contributed by atoms with E-state index in [0.29, 0.717) is 11.1 Å². The maximum absolute atomic E-state index is 10.6. The van der Waals surface area contributed by atoms with Crippen molar-refractivity contribution in [2.24, 2.45) is 0 Å². The van der Waals surface area contributed by atoms with Crippen molar-refractivity contribution in [3.8, 4) is 0 Å². The molecule has 0 unspecified atom stereocenters. The Balaban J connectivity index is 1.81. The van der Waals surface area contributed by atoms with E-state index in [-0.39, 0.29) is 5.69 Å². The molecule has 1 aliphatic carbocycles. The molecule has 0 amide bonds. The molecule has 1 aromatic heterocycles. The topological polar surface area (TPSA) is 68.9 Å². The molecule has 2 aromatic rings. The van der Waals surface area contributed by atoms with E-state index in [1.54, 1.807) is 18.2 Å². The van der Waals surface area contributed by atoms with Crippen LogP contribution in [0.15, 0.2) is 40.3 Å². The quantitative estimate of drug-likeness (QED) is 0.484. The average Bonchev–Trinajstić information content (AvgIpc) is 3.23. The Morgan fingerprint density at radius 1 is 1.25 bits per heavy atom. The maximum atomic E-state index is 10.6. The second-order valence-corrected chi connectivity index (χ2v) is 6.00. The molecule has 1 aliphatic rings. The number of nitro groups is 1. The number of nitrogens with zero attached hydrogens (tertiary/aromatic N) is 3. The summed E-state index contributed by atoms with van der Waals surface area (Å²) in [6.45, 7) is 0. The lowest BCUT2D eigenvalue weighted by molar-refractivity contribution is -0.384. The van der Waals surface area contributed by atoms with E-state index in [1.807, 2.05) is 0 Å². The number of hydrogen-bond donors (Lipinski definition) is 0. The van der Waals surface area contributed by atoms with Crippen LogP contribution in [0.1, 0.15) is 24.6 Å². The summed E-state index contributed by atoms with van der Waals surface area (Å²) in [5.74, 6) is 1.23. The first kappa shape index (κ1) is 13.3. The maximum Gasteiger partial charge on any atom is 0.269 e. The summed E-state index contributed by atoms with van der Waals surface area (Å²) in [6, 6.07) is 8.07. The van der Waals surface area contributed by atoms with Crippen LogP contribution >= 0.6 is 23.4 Å². The van der Waals surface area contributed by atoms with Crippen LogP contribution in [0.25, 0.3) is 0 Å². The van der Waals surface area contributed by atoms with Crippen molar-refractivity contribution in [1.82, 2.24) is 9.97 Å². The van der Waals surface area contributed by atoms with Gasteiger partial charge in [0.15, 0.2) is 0 Å². The zero-order chi connectivity index (χ0) is 14.1. The predicted octanol–water partition coefficient (Wildman–Crippen LogP) is 4.07. The zero-order valence-electron chi connectivity index (χ0n) is 10.3. The summed E-state index contributed by atoms with van der Waals surface area (Å²) in [7, 11) is 0. The van der Waals surface area contributed by atoms with Gasteiger partial charge in [-0.05, 0) is 25.0 Å². The van der Waals surface area contributed by atoms with E-state index in [4.69, 9.17) is 11.6 Å². The Bertz CT molecular complexity index is 659. The van der Waals surface area contributed by atoms with Gasteiger partial charge in [-0.25, -0.2) is 9.97 Å². The zero-order valence-corrected chi connectivity index (χ0v) is 11.9. The van der Waals surface area contributed by atoms with Crippen molar-refractivity contribution in [3.05, 3.63) is 51.4 Å². The van der Waals surface area contributed by atoms with E-state index in [2.05, 4.69) is 9.97 Å². The molecule has 102 valence electrons. The standard InChI is InChI=1S/C13H10ClN3O2S/c14-11-7-12(16-13(15-11)8-1-2-8)20-10-5-3-9(4-6-10)17(18)19/h3-8H,1-2H2. The van der Waals surface area contributed by atoms with Crippen LogP contribution in [0.5, 0.6) is 0 Å². The van der Waals surface area contributed by atoms with Gasteiger partial charge in [-0.15, -0.1) is 0 Å². The number of aromatic nitrogens is 2. The molecule has 20 heavy (non-hydrogen) atoms. The van der Waals surface area contributed by atoms with Gasteiger partial charge in [0.05, 0.1) is 4.92 Å². The summed E-state index contributed by atoms with van der Waals surface area (Å²) in [6.07, 6.45) is 2.23. The van der Waals surface area contributed by atoms with E-state index >= 15 is 0 Å². The molecule has 0 aliphatic heterocycles. The smallest absolute Gasteiger partial charge is 0.258 e. The second-order valence-electron chi connectivity index (χ2n) is 4.51. The molecule has 0 spiro atoms. The Hall–Kier alpha value is -1.66. The minimum Gasteiger partial charge on any atom is -0.258 e. The molecule has 0 atom stereocenters. The number of rotatable bonds is 4. The van der Waals surface area contributed by atoms with Crippen molar-refractivity contribution in [2.45, 2.75) is 28.7 Å². The van der Waals surface area contributed by atoms with Gasteiger partial charge in [-0.3, -0.25) is 10.1 Å². The molecule has 0 radical (unpaired) electrons. The fourth-order valence-electron chi connectivity index (χ4n) is 1.75. The molecule has 1 fully saturated rings. The summed E-state index contributed by atoms with van der Waals surface area (Å²) >= 11 is 7.42. The first-order valence-electron chi connectivity index (χ1n) is 6.08. The van der Waals surface area contributed by atoms with Gasteiger partial charge in [-0.2, -0.15) is 0 Å². The number of benzene rings is 1. The third-order valence-corrected chi connectivity index (χ3v) is 4.02. The van der Waals surface area contributed by atoms with E-state index in [0.717, 1.165) is 28.6 Å². The largest absolute Gasteiger partial charge is 0.269 e. The van der Waals surface area contributed by atoms with E-state index in [1.165, 1.54) is 23.9 Å². The Labute approximate surface area is 124 Å². The van der Waals surface area contributed by atoms with Gasteiger partial charge in [0, 0.05) is 29.0 Å². The Kier molecular flexibility index (Phi) is 3.58. The SMILES string of the molecule is O=[N+]([O-])c1ccc(Sc2cc(Cl)nc(C3CC3)n2)cc1. The highest BCUT2D eigenvalue weighted by atomic mass is 35.5. The monoisotopic (exact) mass is 307 g/mol. The fourth-order valence-corrected chi connectivity index (χ4v) is 2.82. The van der Waals surface area contributed by atoms with E-state index < -0.39 is 4.92 Å². The number of halogens is 1. The first-order chi connectivity index (χ1) is 9.61. The molecule has 3 rings (SSSR count). The van der Waals surface area contributed by atoms with Crippen molar-refractivity contribution < 1.29 is 4.92 Å². The van der Waals surface area contributed by atoms with Crippen LogP contribution in [0.3, 0.4) is 0 Å². The van der Waals surface area contributed by atoms with Gasteiger partial charge in [0.2, 0.25) is 0 Å². The van der Waals surface area contributed by atoms with Crippen LogP contribution in [0.2, 0.25) is 5.15 Å². The third kappa shape index (κ3) is 3.08. The lowest BCUT2D eigenvalue weighted by Crippen LogP contribution is -1.94. The Morgan fingerprint density at radius 3 is 2.55 bits per heavy atom. The molecule has 5 nitrogen and oxygen atoms in total. The molecular weight excluding hydrogens is 298 g/mol. The van der Waals surface area contributed by atoms with Gasteiger partial charge in [0.1, 0.15) is 16.0 Å². The van der Waals surface area contributed by atoms with Crippen LogP contribution in [-0.4, -0.2) is 14.9 Å². The molecule has 0 N–H and O–H groups in total. The van der Waals surface area contributed by atoms with Crippen molar-refractivity contribution >= 4 is 29.1 Å². The molecular formula is C13H10ClN3O2S. The molecule has 7 heteroatoms. The third-order valence-electron chi connectivity index (χ3n) is 2.90. The minimum atomic E-state index is -0.415. The minimum absolute atomic E-state index is 0.0775. The highest BCUT2D eigenvalue weighted by molar-refractivity contribution is 7.99. The number of nitro benzene ring substituents is 1. The normalized spacial score (nSPS) is 14.2. The molecule has 0 bridgehead atoms. The summed E-state index contributed by atoms with van der Waals surface area (Å²) < 4.78 is 0. The summed E-state index contributed by atoms with van der Waals surface area (Å²) in [4.78, 5) is 19.8. The molecule has 1 saturated carbocycles. The van der Waals surface area contributed by atoms with Crippen molar-refractivity contribution in [1.29, 1.82) is 0 Å². The van der Waals surface area contributed by atoms with E-state index in [9.17, 15) is 10.1 Å². The molecule has 0 saturated heterocycles. The number of hydrogen-bond acceptors (Lipinski definition) is 5. The second kappa shape index (κ2) is 5.38. The van der Waals surface area contributed by atoms with Gasteiger partial charge in [0.25, 0.3) is 5.69 Å². The lowest BCUT2D eigenvalue weighted by atomic mass is 10.3. The Morgan fingerprint density at radius 2 is 1.95 bits per heavy atom. The molecule has 1 heterocycles. The highest BCUT2D eigenvalue weighted by Crippen LogP contribution is 2.39. The van der Waals surface area contributed by atoms with Gasteiger partial charge < -0.3 is 0 Å². The van der Waals surface area contributed by atoms with Gasteiger partial charge in [-0.1, -0.05) is 23.4 Å². The first-order valence-corrected chi connectivity index (χ1v) is 7.28. The fraction of sp³-hybridized carbons (Fsp3) is 0.231. The highest BCUT2D eigenvalue weighted by Gasteiger charge is 2.27. The summed E-state index contributed by atoms with van der Waals surface area (Å²) in [5, 5.41) is 11.8. The molecule has 1 aromatic carbocycles. The average molecular weight is 308 g/mol. The van der Waals surface area contributed by atoms with Crippen molar-refractivity contribution in [3.63, 3.8) is 0 Å². The summed E-state index contributed by atoms with van der Waals surface area (Å²) in [5.41, 5.74) is 0.0775. The van der Waals surface area contributed by atoms with Crippen LogP contribution in [0.4, 0.5) is 5.69 Å². The lowest BCUT2D eigenvalue weighted by Gasteiger charge is -2.04. The predicted molar refractivity (Wildman–Crippen MR) is 76.2 cm³/mol. The van der Waals surface area contributed by atoms with Crippen LogP contribution in [-0.2, 0) is 0 Å². The van der Waals surface area contributed by atoms with Crippen LogP contribution < -0.4 is 0 Å². The van der Waals surface area contributed by atoms with Crippen LogP contribution in [0, 0.1) is 10.1 Å². The number of non-ortho nitro benzene ring substituents is 1.